The lowest BCUT2D eigenvalue weighted by molar-refractivity contribution is 0.475. The van der Waals surface area contributed by atoms with Gasteiger partial charge in [0, 0.05) is 15.6 Å². The highest BCUT2D eigenvalue weighted by Gasteiger charge is 2.33. The fourth-order valence-electron chi connectivity index (χ4n) is 4.79. The Kier molecular flexibility index (Phi) is 5.21. The van der Waals surface area contributed by atoms with Gasteiger partial charge in [0.1, 0.15) is 5.75 Å². The second kappa shape index (κ2) is 8.27. The number of nitrogens with zero attached hydrogens (tertiary/aromatic N) is 2. The Labute approximate surface area is 209 Å². The van der Waals surface area contributed by atoms with Gasteiger partial charge in [0.2, 0.25) is 0 Å². The molecule has 3 aromatic carbocycles. The maximum absolute atomic E-state index is 13.7. The number of thiazole rings is 1. The number of benzene rings is 3. The van der Waals surface area contributed by atoms with E-state index in [1.165, 1.54) is 16.9 Å². The zero-order valence-electron chi connectivity index (χ0n) is 17.8. The van der Waals surface area contributed by atoms with E-state index in [0.717, 1.165) is 40.8 Å². The number of allylic oxidation sites excluding steroid dienone is 1. The van der Waals surface area contributed by atoms with Gasteiger partial charge in [-0.25, -0.2) is 4.99 Å². The highest BCUT2D eigenvalue weighted by molar-refractivity contribution is 7.07. The number of aryl methyl sites for hydroxylation is 1. The molecule has 2 aliphatic rings. The fourth-order valence-corrected chi connectivity index (χ4v) is 6.30. The zero-order valence-corrected chi connectivity index (χ0v) is 20.2. The van der Waals surface area contributed by atoms with Gasteiger partial charge in [0.25, 0.3) is 5.56 Å². The first kappa shape index (κ1) is 21.4. The lowest BCUT2D eigenvalue weighted by atomic mass is 9.83. The van der Waals surface area contributed by atoms with Crippen molar-refractivity contribution in [3.8, 4) is 5.75 Å². The van der Waals surface area contributed by atoms with Gasteiger partial charge in [-0.05, 0) is 65.4 Å². The van der Waals surface area contributed by atoms with Crippen molar-refractivity contribution < 1.29 is 5.11 Å². The molecular formula is C27H18Cl2N2O2S. The van der Waals surface area contributed by atoms with Gasteiger partial charge in [-0.15, -0.1) is 0 Å². The summed E-state index contributed by atoms with van der Waals surface area (Å²) in [5, 5.41) is 10.9. The van der Waals surface area contributed by atoms with Crippen molar-refractivity contribution in [1.82, 2.24) is 4.57 Å². The summed E-state index contributed by atoms with van der Waals surface area (Å²) in [4.78, 5) is 19.3. The molecule has 4 nitrogen and oxygen atoms in total. The maximum Gasteiger partial charge on any atom is 0.271 e. The average molecular weight is 505 g/mol. The first-order valence-corrected chi connectivity index (χ1v) is 12.4. The Morgan fingerprint density at radius 1 is 1.03 bits per heavy atom. The van der Waals surface area contributed by atoms with E-state index < -0.39 is 0 Å². The Bertz CT molecular complexity index is 1680. The number of phenols is 1. The molecule has 0 fully saturated rings. The molecule has 1 aromatic heterocycles. The third-order valence-electron chi connectivity index (χ3n) is 6.30. The van der Waals surface area contributed by atoms with Crippen molar-refractivity contribution in [1.29, 1.82) is 0 Å². The van der Waals surface area contributed by atoms with Gasteiger partial charge in [-0.3, -0.25) is 9.36 Å². The van der Waals surface area contributed by atoms with Crippen LogP contribution < -0.4 is 14.9 Å². The molecule has 0 saturated heterocycles. The van der Waals surface area contributed by atoms with Crippen LogP contribution in [0, 0.1) is 0 Å². The van der Waals surface area contributed by atoms with Crippen LogP contribution in [-0.2, 0) is 6.42 Å². The van der Waals surface area contributed by atoms with Crippen molar-refractivity contribution in [3.63, 3.8) is 0 Å². The van der Waals surface area contributed by atoms with E-state index in [4.69, 9.17) is 28.2 Å². The molecule has 1 N–H and O–H groups in total. The molecule has 34 heavy (non-hydrogen) atoms. The Hall–Kier alpha value is -3.12. The molecule has 1 unspecified atom stereocenters. The van der Waals surface area contributed by atoms with E-state index in [0.29, 0.717) is 19.4 Å². The van der Waals surface area contributed by atoms with E-state index in [1.54, 1.807) is 34.9 Å². The second-order valence-electron chi connectivity index (χ2n) is 8.37. The Balaban J connectivity index is 1.65. The third-order valence-corrected chi connectivity index (χ3v) is 7.84. The molecule has 0 radical (unpaired) electrons. The first-order chi connectivity index (χ1) is 16.5. The van der Waals surface area contributed by atoms with Crippen molar-refractivity contribution in [2.75, 3.05) is 0 Å². The summed E-state index contributed by atoms with van der Waals surface area (Å²) in [6.07, 6.45) is 3.45. The van der Waals surface area contributed by atoms with Crippen LogP contribution in [0.3, 0.4) is 0 Å². The van der Waals surface area contributed by atoms with Crippen LogP contribution in [0.25, 0.3) is 11.8 Å². The number of halogens is 2. The fraction of sp³-hybridized carbons (Fsp3) is 0.111. The molecule has 7 heteroatoms. The topological polar surface area (TPSA) is 54.6 Å². The quantitative estimate of drug-likeness (QED) is 0.401. The third kappa shape index (κ3) is 3.52. The summed E-state index contributed by atoms with van der Waals surface area (Å²) in [7, 11) is 0. The normalized spacial score (nSPS) is 17.1. The van der Waals surface area contributed by atoms with E-state index >= 15 is 0 Å². The van der Waals surface area contributed by atoms with Crippen molar-refractivity contribution >= 4 is 46.3 Å². The molecule has 2 heterocycles. The number of fused-ring (bicyclic) bond motifs is 3. The minimum Gasteiger partial charge on any atom is -0.508 e. The smallest absolute Gasteiger partial charge is 0.271 e. The van der Waals surface area contributed by atoms with Gasteiger partial charge >= 0.3 is 0 Å². The summed E-state index contributed by atoms with van der Waals surface area (Å²) in [6, 6.07) is 20.2. The molecule has 1 aliphatic carbocycles. The van der Waals surface area contributed by atoms with Crippen LogP contribution in [0.15, 0.2) is 82.1 Å². The summed E-state index contributed by atoms with van der Waals surface area (Å²) in [5.74, 6) is 0.152. The molecule has 0 amide bonds. The average Bonchev–Trinajstić information content (AvgIpc) is 3.13. The number of hydrogen-bond donors (Lipinski definition) is 1. The molecule has 0 bridgehead atoms. The number of phenolic OH excluding ortho intramolecular Hbond substituents is 1. The van der Waals surface area contributed by atoms with Crippen molar-refractivity contribution in [2.45, 2.75) is 18.9 Å². The van der Waals surface area contributed by atoms with Gasteiger partial charge in [0.05, 0.1) is 16.3 Å². The van der Waals surface area contributed by atoms with Gasteiger partial charge in [-0.2, -0.15) is 0 Å². The predicted molar refractivity (Wildman–Crippen MR) is 137 cm³/mol. The molecule has 1 aliphatic heterocycles. The largest absolute Gasteiger partial charge is 0.508 e. The Morgan fingerprint density at radius 2 is 1.88 bits per heavy atom. The van der Waals surface area contributed by atoms with Gasteiger partial charge in [0.15, 0.2) is 4.80 Å². The van der Waals surface area contributed by atoms with E-state index in [2.05, 4.69) is 12.1 Å². The lowest BCUT2D eigenvalue weighted by Crippen LogP contribution is -2.38. The second-order valence-corrected chi connectivity index (χ2v) is 10.2. The molecule has 0 spiro atoms. The van der Waals surface area contributed by atoms with Crippen LogP contribution in [0.1, 0.15) is 34.7 Å². The summed E-state index contributed by atoms with van der Waals surface area (Å²) >= 11 is 14.2. The molecule has 0 saturated carbocycles. The number of hydrogen-bond acceptors (Lipinski definition) is 4. The summed E-state index contributed by atoms with van der Waals surface area (Å²) in [5.41, 5.74) is 5.81. The minimum atomic E-state index is -0.365. The minimum absolute atomic E-state index is 0.131. The predicted octanol–water partition coefficient (Wildman–Crippen LogP) is 5.33. The highest BCUT2D eigenvalue weighted by atomic mass is 35.5. The summed E-state index contributed by atoms with van der Waals surface area (Å²) < 4.78 is 2.30. The number of rotatable bonds is 2. The molecule has 6 rings (SSSR count). The highest BCUT2D eigenvalue weighted by Crippen LogP contribution is 2.43. The van der Waals surface area contributed by atoms with Crippen LogP contribution in [0.2, 0.25) is 10.0 Å². The van der Waals surface area contributed by atoms with Gasteiger partial charge < -0.3 is 5.11 Å². The van der Waals surface area contributed by atoms with E-state index in [-0.39, 0.29) is 17.4 Å². The van der Waals surface area contributed by atoms with Crippen LogP contribution in [0.4, 0.5) is 0 Å². The molecule has 4 aromatic rings. The Morgan fingerprint density at radius 3 is 2.71 bits per heavy atom. The van der Waals surface area contributed by atoms with Crippen LogP contribution in [0.5, 0.6) is 5.75 Å². The number of aromatic hydroxyl groups is 1. The first-order valence-electron chi connectivity index (χ1n) is 10.9. The lowest BCUT2D eigenvalue weighted by Gasteiger charge is -2.31. The van der Waals surface area contributed by atoms with E-state index in [9.17, 15) is 9.90 Å². The van der Waals surface area contributed by atoms with Crippen molar-refractivity contribution in [2.24, 2.45) is 4.99 Å². The maximum atomic E-state index is 13.7. The zero-order chi connectivity index (χ0) is 23.4. The number of aromatic nitrogens is 1. The van der Waals surface area contributed by atoms with Crippen LogP contribution >= 0.6 is 34.5 Å². The van der Waals surface area contributed by atoms with Gasteiger partial charge in [-0.1, -0.05) is 77.0 Å². The molecule has 1 atom stereocenters. The van der Waals surface area contributed by atoms with Crippen molar-refractivity contribution in [3.05, 3.63) is 124 Å². The SMILES string of the molecule is O=c1c(=Cc2cccc(O)c2)sc2n1C(c1ccc(Cl)cc1Cl)C1=C(N=2)c2ccccc2CC1. The van der Waals surface area contributed by atoms with E-state index in [1.807, 2.05) is 30.3 Å². The standard InChI is InChI=1S/C27H18Cl2N2O2S/c28-17-9-11-20(22(29)14-17)25-21-10-8-16-5-1-2-7-19(16)24(21)30-27-31(25)26(33)23(34-27)13-15-4-3-6-18(32)12-15/h1-7,9,11-14,25,32H,8,10H2. The molecular weight excluding hydrogens is 487 g/mol. The summed E-state index contributed by atoms with van der Waals surface area (Å²) in [6.45, 7) is 0. The monoisotopic (exact) mass is 504 g/mol. The molecule has 168 valence electrons. The van der Waals surface area contributed by atoms with Crippen LogP contribution in [-0.4, -0.2) is 9.67 Å².